The van der Waals surface area contributed by atoms with Crippen molar-refractivity contribution in [2.24, 2.45) is 5.41 Å². The molecule has 23 heavy (non-hydrogen) atoms. The fraction of sp³-hybridized carbons (Fsp3) is 0.235. The Labute approximate surface area is 134 Å². The minimum atomic E-state index is -0.699. The van der Waals surface area contributed by atoms with Gasteiger partial charge < -0.3 is 15.3 Å². The summed E-state index contributed by atoms with van der Waals surface area (Å²) in [6.45, 7) is 2.11. The van der Waals surface area contributed by atoms with E-state index in [2.05, 4.69) is 5.43 Å². The number of carbonyl (C=O) groups is 1. The average Bonchev–Trinajstić information content (AvgIpc) is 2.88. The van der Waals surface area contributed by atoms with E-state index >= 15 is 0 Å². The van der Waals surface area contributed by atoms with Gasteiger partial charge in [0.15, 0.2) is 0 Å². The maximum absolute atomic E-state index is 11.6. The van der Waals surface area contributed by atoms with Crippen molar-refractivity contribution in [3.8, 4) is 11.5 Å². The molecule has 0 saturated carbocycles. The van der Waals surface area contributed by atoms with Gasteiger partial charge in [-0.1, -0.05) is 18.2 Å². The van der Waals surface area contributed by atoms with Crippen LogP contribution in [-0.4, -0.2) is 34.4 Å². The number of aromatic hydroxyl groups is 2. The van der Waals surface area contributed by atoms with Crippen LogP contribution in [0.3, 0.4) is 0 Å². The lowest BCUT2D eigenvalue weighted by molar-refractivity contribution is -0.128. The maximum Gasteiger partial charge on any atom is 0.248 e. The monoisotopic (exact) mass is 316 g/mol. The Morgan fingerprint density at radius 3 is 2.00 bits per heavy atom. The summed E-state index contributed by atoms with van der Waals surface area (Å²) in [5.41, 5.74) is 2.98. The van der Waals surface area contributed by atoms with Crippen LogP contribution in [0, 0.1) is 5.41 Å². The number of nitrogens with zero attached hydrogens (tertiary/aromatic N) is 1. The molecule has 0 aromatic heterocycles. The zero-order valence-electron chi connectivity index (χ0n) is 12.8. The zero-order valence-corrected chi connectivity index (χ0v) is 12.8. The molecule has 1 amide bonds. The Morgan fingerprint density at radius 2 is 1.57 bits per heavy atom. The molecule has 1 fully saturated rings. The van der Waals surface area contributed by atoms with Crippen LogP contribution in [0.5, 0.6) is 11.5 Å². The van der Waals surface area contributed by atoms with Gasteiger partial charge in [-0.15, -0.1) is 0 Å². The van der Waals surface area contributed by atoms with E-state index in [9.17, 15) is 9.90 Å². The molecule has 1 atom stereocenters. The van der Waals surface area contributed by atoms with Gasteiger partial charge in [-0.05, 0) is 43.3 Å². The van der Waals surface area contributed by atoms with Gasteiger partial charge in [0.25, 0.3) is 0 Å². The first-order valence-electron chi connectivity index (χ1n) is 7.17. The van der Waals surface area contributed by atoms with Crippen molar-refractivity contribution in [3.63, 3.8) is 0 Å². The molecule has 0 radical (unpaired) electrons. The van der Waals surface area contributed by atoms with Gasteiger partial charge in [0.2, 0.25) is 5.91 Å². The number of hydrogen-bond acceptors (Lipinski definition) is 5. The number of rotatable bonds is 2. The summed E-state index contributed by atoms with van der Waals surface area (Å²) in [5.74, 6) is 0.208. The Hall–Kier alpha value is -2.73. The summed E-state index contributed by atoms with van der Waals surface area (Å²) in [5, 5.41) is 28.2. The molecule has 0 spiro atoms. The standard InChI is InChI=1S/C11H14N2O2.C6H6O2/c1-11(8-14)7-13(12-10(11)15)9-5-3-2-4-6-9;7-5-1-2-6(8)4-3-5/h2-6,14H,7-8H2,1H3,(H,12,15);1-4,7-8H. The van der Waals surface area contributed by atoms with Gasteiger partial charge in [0.05, 0.1) is 24.3 Å². The molecule has 1 aliphatic heterocycles. The molecule has 2 aromatic carbocycles. The summed E-state index contributed by atoms with van der Waals surface area (Å²) < 4.78 is 0. The number of anilines is 1. The molecule has 6 heteroatoms. The van der Waals surface area contributed by atoms with E-state index < -0.39 is 5.41 Å². The number of benzene rings is 2. The summed E-state index contributed by atoms with van der Waals surface area (Å²) in [7, 11) is 0. The third-order valence-corrected chi connectivity index (χ3v) is 3.56. The van der Waals surface area contributed by atoms with Crippen LogP contribution in [0.25, 0.3) is 0 Å². The number of para-hydroxylation sites is 1. The summed E-state index contributed by atoms with van der Waals surface area (Å²) in [4.78, 5) is 11.6. The molecule has 0 aliphatic carbocycles. The van der Waals surface area contributed by atoms with Gasteiger partial charge in [0, 0.05) is 0 Å². The molecule has 6 nitrogen and oxygen atoms in total. The second-order valence-corrected chi connectivity index (χ2v) is 5.60. The first-order chi connectivity index (χ1) is 10.9. The SMILES string of the molecule is CC1(CO)CN(c2ccccc2)NC1=O.Oc1ccc(O)cc1. The van der Waals surface area contributed by atoms with Gasteiger partial charge >= 0.3 is 0 Å². The normalized spacial score (nSPS) is 19.7. The second-order valence-electron chi connectivity index (χ2n) is 5.60. The molecule has 4 N–H and O–H groups in total. The Morgan fingerprint density at radius 1 is 1.04 bits per heavy atom. The summed E-state index contributed by atoms with van der Waals surface area (Å²) in [6, 6.07) is 15.3. The number of carbonyl (C=O) groups excluding carboxylic acids is 1. The predicted molar refractivity (Wildman–Crippen MR) is 86.9 cm³/mol. The van der Waals surface area contributed by atoms with Crippen LogP contribution in [-0.2, 0) is 4.79 Å². The first-order valence-corrected chi connectivity index (χ1v) is 7.17. The van der Waals surface area contributed by atoms with E-state index in [1.54, 1.807) is 11.9 Å². The third kappa shape index (κ3) is 4.14. The highest BCUT2D eigenvalue weighted by molar-refractivity contribution is 5.87. The van der Waals surface area contributed by atoms with Crippen LogP contribution < -0.4 is 10.4 Å². The molecular formula is C17H20N2O4. The van der Waals surface area contributed by atoms with E-state index in [4.69, 9.17) is 10.2 Å². The smallest absolute Gasteiger partial charge is 0.248 e. The van der Waals surface area contributed by atoms with Crippen molar-refractivity contribution in [2.75, 3.05) is 18.2 Å². The molecule has 122 valence electrons. The van der Waals surface area contributed by atoms with E-state index in [0.29, 0.717) is 6.54 Å². The Kier molecular flexibility index (Phi) is 5.08. The predicted octanol–water partition coefficient (Wildman–Crippen LogP) is 1.63. The lowest BCUT2D eigenvalue weighted by Gasteiger charge is -2.19. The number of aliphatic hydroxyl groups excluding tert-OH is 1. The largest absolute Gasteiger partial charge is 0.508 e. The highest BCUT2D eigenvalue weighted by Crippen LogP contribution is 2.26. The van der Waals surface area contributed by atoms with Crippen LogP contribution >= 0.6 is 0 Å². The average molecular weight is 316 g/mol. The first kappa shape index (κ1) is 16.6. The number of aliphatic hydroxyl groups is 1. The fourth-order valence-electron chi connectivity index (χ4n) is 2.06. The number of phenols is 2. The molecule has 1 aliphatic rings. The van der Waals surface area contributed by atoms with Crippen molar-refractivity contribution in [1.82, 2.24) is 5.43 Å². The molecule has 3 rings (SSSR count). The van der Waals surface area contributed by atoms with Crippen LogP contribution in [0.4, 0.5) is 5.69 Å². The van der Waals surface area contributed by atoms with E-state index in [-0.39, 0.29) is 24.0 Å². The van der Waals surface area contributed by atoms with Crippen LogP contribution in [0.15, 0.2) is 54.6 Å². The van der Waals surface area contributed by atoms with Crippen molar-refractivity contribution < 1.29 is 20.1 Å². The van der Waals surface area contributed by atoms with Crippen LogP contribution in [0.2, 0.25) is 0 Å². The van der Waals surface area contributed by atoms with Crippen LogP contribution in [0.1, 0.15) is 6.92 Å². The minimum absolute atomic E-state index is 0.131. The van der Waals surface area contributed by atoms with E-state index in [1.165, 1.54) is 24.3 Å². The minimum Gasteiger partial charge on any atom is -0.508 e. The quantitative estimate of drug-likeness (QED) is 0.632. The highest BCUT2D eigenvalue weighted by Gasteiger charge is 2.41. The summed E-state index contributed by atoms with van der Waals surface area (Å²) >= 11 is 0. The van der Waals surface area contributed by atoms with Crippen molar-refractivity contribution >= 4 is 11.6 Å². The molecule has 1 saturated heterocycles. The van der Waals surface area contributed by atoms with Gasteiger partial charge in [0.1, 0.15) is 11.5 Å². The van der Waals surface area contributed by atoms with E-state index in [1.807, 2.05) is 30.3 Å². The number of hydrogen-bond donors (Lipinski definition) is 4. The fourth-order valence-corrected chi connectivity index (χ4v) is 2.06. The summed E-state index contributed by atoms with van der Waals surface area (Å²) in [6.07, 6.45) is 0. The Balaban J connectivity index is 0.000000203. The zero-order chi connectivity index (χ0) is 16.9. The van der Waals surface area contributed by atoms with Gasteiger partial charge in [-0.2, -0.15) is 0 Å². The topological polar surface area (TPSA) is 93.0 Å². The second kappa shape index (κ2) is 7.02. The molecule has 2 aromatic rings. The van der Waals surface area contributed by atoms with E-state index in [0.717, 1.165) is 5.69 Å². The van der Waals surface area contributed by atoms with Crippen molar-refractivity contribution in [3.05, 3.63) is 54.6 Å². The number of hydrazine groups is 1. The molecule has 0 bridgehead atoms. The molecule has 1 heterocycles. The molecular weight excluding hydrogens is 296 g/mol. The van der Waals surface area contributed by atoms with Gasteiger partial charge in [-0.3, -0.25) is 15.2 Å². The lowest BCUT2D eigenvalue weighted by Crippen LogP contribution is -2.34. The highest BCUT2D eigenvalue weighted by atomic mass is 16.3. The number of amides is 1. The number of nitrogens with one attached hydrogen (secondary N) is 1. The Bertz CT molecular complexity index is 624. The third-order valence-electron chi connectivity index (χ3n) is 3.56. The van der Waals surface area contributed by atoms with Crippen molar-refractivity contribution in [2.45, 2.75) is 6.92 Å². The van der Waals surface area contributed by atoms with Crippen molar-refractivity contribution in [1.29, 1.82) is 0 Å². The maximum atomic E-state index is 11.6. The lowest BCUT2D eigenvalue weighted by atomic mass is 9.92. The molecule has 1 unspecified atom stereocenters. The van der Waals surface area contributed by atoms with Gasteiger partial charge in [-0.25, -0.2) is 0 Å². The number of phenolic OH excluding ortho intramolecular Hbond substituents is 2.